The van der Waals surface area contributed by atoms with Crippen molar-refractivity contribution in [1.82, 2.24) is 10.6 Å². The Morgan fingerprint density at radius 1 is 1.00 bits per heavy atom. The Morgan fingerprint density at radius 3 is 2.26 bits per heavy atom. The van der Waals surface area contributed by atoms with Gasteiger partial charge in [0.2, 0.25) is 5.91 Å². The van der Waals surface area contributed by atoms with Gasteiger partial charge in [-0.05, 0) is 53.9 Å². The summed E-state index contributed by atoms with van der Waals surface area (Å²) in [6.07, 6.45) is 4.27. The first-order chi connectivity index (χ1) is 17.0. The molecule has 7 heteroatoms. The van der Waals surface area contributed by atoms with Crippen LogP contribution in [0.1, 0.15) is 68.9 Å². The minimum atomic E-state index is -0.816. The normalized spacial score (nSPS) is 19.8. The lowest BCUT2D eigenvalue weighted by Crippen LogP contribution is -2.51. The summed E-state index contributed by atoms with van der Waals surface area (Å²) in [6, 6.07) is 15.5. The van der Waals surface area contributed by atoms with Crippen LogP contribution in [0.3, 0.4) is 0 Å². The van der Waals surface area contributed by atoms with E-state index in [1.54, 1.807) is 0 Å². The summed E-state index contributed by atoms with van der Waals surface area (Å²) in [5, 5.41) is 14.8. The highest BCUT2D eigenvalue weighted by Gasteiger charge is 2.31. The Hall–Kier alpha value is -3.35. The monoisotopic (exact) mass is 478 g/mol. The number of ether oxygens (including phenoxy) is 1. The molecule has 2 aromatic carbocycles. The van der Waals surface area contributed by atoms with E-state index in [0.717, 1.165) is 47.9 Å². The van der Waals surface area contributed by atoms with Gasteiger partial charge in [-0.25, -0.2) is 4.79 Å². The van der Waals surface area contributed by atoms with Crippen molar-refractivity contribution >= 4 is 18.0 Å². The lowest BCUT2D eigenvalue weighted by atomic mass is 9.81. The molecule has 0 spiro atoms. The third-order valence-corrected chi connectivity index (χ3v) is 7.33. The zero-order valence-electron chi connectivity index (χ0n) is 20.2. The van der Waals surface area contributed by atoms with Crippen molar-refractivity contribution in [2.24, 2.45) is 5.92 Å². The second kappa shape index (κ2) is 11.4. The van der Waals surface area contributed by atoms with E-state index < -0.39 is 18.1 Å². The molecule has 4 rings (SSSR count). The van der Waals surface area contributed by atoms with Crippen molar-refractivity contribution in [1.29, 1.82) is 0 Å². The van der Waals surface area contributed by atoms with Crippen LogP contribution < -0.4 is 10.6 Å². The molecule has 2 aromatic rings. The maximum atomic E-state index is 13.0. The number of carboxylic acid groups (broad SMARTS) is 1. The van der Waals surface area contributed by atoms with Crippen molar-refractivity contribution in [2.45, 2.75) is 69.9 Å². The lowest BCUT2D eigenvalue weighted by molar-refractivity contribution is -0.137. The van der Waals surface area contributed by atoms with Crippen LogP contribution >= 0.6 is 0 Å². The lowest BCUT2D eigenvalue weighted by Gasteiger charge is -2.33. The number of carboxylic acids is 1. The second-order valence-corrected chi connectivity index (χ2v) is 9.52. The number of nitrogens with one attached hydrogen (secondary N) is 2. The summed E-state index contributed by atoms with van der Waals surface area (Å²) in [4.78, 5) is 36.6. The van der Waals surface area contributed by atoms with Crippen LogP contribution in [-0.4, -0.2) is 41.8 Å². The quantitative estimate of drug-likeness (QED) is 0.478. The fraction of sp³-hybridized carbons (Fsp3) is 0.464. The molecular weight excluding hydrogens is 444 g/mol. The van der Waals surface area contributed by atoms with Crippen LogP contribution in [-0.2, 0) is 14.3 Å². The van der Waals surface area contributed by atoms with E-state index >= 15 is 0 Å². The Bertz CT molecular complexity index is 1020. The number of hydrogen-bond acceptors (Lipinski definition) is 4. The summed E-state index contributed by atoms with van der Waals surface area (Å²) in [7, 11) is 0. The molecule has 186 valence electrons. The molecule has 7 nitrogen and oxygen atoms in total. The predicted molar refractivity (Wildman–Crippen MR) is 133 cm³/mol. The number of carbonyl (C=O) groups is 3. The van der Waals surface area contributed by atoms with Gasteiger partial charge in [-0.1, -0.05) is 68.3 Å². The number of fused-ring (bicyclic) bond motifs is 3. The number of hydrogen-bond donors (Lipinski definition) is 3. The highest BCUT2D eigenvalue weighted by atomic mass is 16.5. The molecule has 2 aliphatic carbocycles. The van der Waals surface area contributed by atoms with E-state index in [1.165, 1.54) is 0 Å². The molecule has 3 N–H and O–H groups in total. The van der Waals surface area contributed by atoms with Gasteiger partial charge in [0.25, 0.3) is 0 Å². The van der Waals surface area contributed by atoms with E-state index in [1.807, 2.05) is 31.2 Å². The van der Waals surface area contributed by atoms with Gasteiger partial charge >= 0.3 is 12.1 Å². The van der Waals surface area contributed by atoms with Crippen molar-refractivity contribution in [3.05, 3.63) is 59.7 Å². The first-order valence-corrected chi connectivity index (χ1v) is 12.6. The smallest absolute Gasteiger partial charge is 0.407 e. The van der Waals surface area contributed by atoms with E-state index in [2.05, 4.69) is 34.9 Å². The summed E-state index contributed by atoms with van der Waals surface area (Å²) in [6.45, 7) is 2.04. The van der Waals surface area contributed by atoms with Crippen molar-refractivity contribution < 1.29 is 24.2 Å². The third kappa shape index (κ3) is 5.84. The number of alkyl carbamates (subject to hydrolysis) is 1. The maximum Gasteiger partial charge on any atom is 0.407 e. The van der Waals surface area contributed by atoms with Crippen LogP contribution in [0.5, 0.6) is 0 Å². The SMILES string of the molecule is CCC(NC(=O)OCC1c2ccccc2-c2ccccc21)C(=O)NC1CCCCC1CCC(=O)O. The topological polar surface area (TPSA) is 105 Å². The maximum absolute atomic E-state index is 13.0. The van der Waals surface area contributed by atoms with Crippen molar-refractivity contribution in [2.75, 3.05) is 6.61 Å². The molecular formula is C28H34N2O5. The highest BCUT2D eigenvalue weighted by molar-refractivity contribution is 5.86. The highest BCUT2D eigenvalue weighted by Crippen LogP contribution is 2.44. The average molecular weight is 479 g/mol. The Kier molecular flexibility index (Phi) is 8.06. The molecule has 2 amide bonds. The van der Waals surface area contributed by atoms with E-state index in [4.69, 9.17) is 9.84 Å². The fourth-order valence-electron chi connectivity index (χ4n) is 5.47. The first-order valence-electron chi connectivity index (χ1n) is 12.6. The molecule has 0 saturated heterocycles. The summed E-state index contributed by atoms with van der Waals surface area (Å²) < 4.78 is 5.60. The molecule has 0 aromatic heterocycles. The summed E-state index contributed by atoms with van der Waals surface area (Å²) in [5.74, 6) is -0.952. The molecule has 1 fully saturated rings. The van der Waals surface area contributed by atoms with E-state index in [0.29, 0.717) is 12.8 Å². The van der Waals surface area contributed by atoms with Gasteiger partial charge in [0, 0.05) is 18.4 Å². The minimum absolute atomic E-state index is 0.0423. The Labute approximate surface area is 206 Å². The molecule has 1 saturated carbocycles. The molecule has 0 radical (unpaired) electrons. The van der Waals surface area contributed by atoms with Crippen LogP contribution in [0.25, 0.3) is 11.1 Å². The first kappa shape index (κ1) is 24.8. The largest absolute Gasteiger partial charge is 0.481 e. The fourth-order valence-corrected chi connectivity index (χ4v) is 5.47. The van der Waals surface area contributed by atoms with Crippen LogP contribution in [0.2, 0.25) is 0 Å². The molecule has 0 aliphatic heterocycles. The number of carbonyl (C=O) groups excluding carboxylic acids is 2. The minimum Gasteiger partial charge on any atom is -0.481 e. The molecule has 3 unspecified atom stereocenters. The van der Waals surface area contributed by atoms with Gasteiger partial charge in [0.05, 0.1) is 0 Å². The summed E-state index contributed by atoms with van der Waals surface area (Å²) >= 11 is 0. The van der Waals surface area contributed by atoms with Crippen LogP contribution in [0, 0.1) is 5.92 Å². The number of aliphatic carboxylic acids is 1. The van der Waals surface area contributed by atoms with Gasteiger partial charge in [-0.2, -0.15) is 0 Å². The van der Waals surface area contributed by atoms with Crippen LogP contribution in [0.15, 0.2) is 48.5 Å². The zero-order valence-corrected chi connectivity index (χ0v) is 20.2. The van der Waals surface area contributed by atoms with Crippen molar-refractivity contribution in [3.8, 4) is 11.1 Å². The molecule has 0 heterocycles. The summed E-state index contributed by atoms with van der Waals surface area (Å²) in [5.41, 5.74) is 4.59. The molecule has 2 aliphatic rings. The number of rotatable bonds is 9. The van der Waals surface area contributed by atoms with Gasteiger partial charge < -0.3 is 20.5 Å². The third-order valence-electron chi connectivity index (χ3n) is 7.33. The Balaban J connectivity index is 1.33. The van der Waals surface area contributed by atoms with Gasteiger partial charge in [-0.3, -0.25) is 9.59 Å². The predicted octanol–water partition coefficient (Wildman–Crippen LogP) is 4.84. The average Bonchev–Trinajstić information content (AvgIpc) is 3.19. The molecule has 0 bridgehead atoms. The van der Waals surface area contributed by atoms with Gasteiger partial charge in [0.1, 0.15) is 12.6 Å². The number of benzene rings is 2. The van der Waals surface area contributed by atoms with Crippen LogP contribution in [0.4, 0.5) is 4.79 Å². The number of amides is 2. The standard InChI is InChI=1S/C28H34N2O5/c1-2-24(27(33)29-25-14-8-3-9-18(25)15-16-26(31)32)30-28(34)35-17-23-21-12-6-4-10-19(21)20-11-5-7-13-22(20)23/h4-7,10-13,18,23-25H,2-3,8-9,14-17H2,1H3,(H,29,33)(H,30,34)(H,31,32). The molecule has 35 heavy (non-hydrogen) atoms. The van der Waals surface area contributed by atoms with Crippen molar-refractivity contribution in [3.63, 3.8) is 0 Å². The van der Waals surface area contributed by atoms with E-state index in [-0.39, 0.29) is 36.8 Å². The zero-order chi connectivity index (χ0) is 24.8. The van der Waals surface area contributed by atoms with Gasteiger partial charge in [0.15, 0.2) is 0 Å². The molecule has 3 atom stereocenters. The van der Waals surface area contributed by atoms with E-state index in [9.17, 15) is 14.4 Å². The Morgan fingerprint density at radius 2 is 1.63 bits per heavy atom. The van der Waals surface area contributed by atoms with Gasteiger partial charge in [-0.15, -0.1) is 0 Å². The second-order valence-electron chi connectivity index (χ2n) is 9.52.